The molecule has 2 atom stereocenters. The van der Waals surface area contributed by atoms with Crippen molar-refractivity contribution in [3.63, 3.8) is 0 Å². The summed E-state index contributed by atoms with van der Waals surface area (Å²) < 4.78 is 43.6. The highest BCUT2D eigenvalue weighted by Gasteiger charge is 2.37. The van der Waals surface area contributed by atoms with Crippen LogP contribution in [0.4, 0.5) is 18.0 Å². The van der Waals surface area contributed by atoms with Crippen molar-refractivity contribution in [3.05, 3.63) is 59.2 Å². The van der Waals surface area contributed by atoms with Gasteiger partial charge in [-0.2, -0.15) is 18.3 Å². The Balaban J connectivity index is 1.50. The lowest BCUT2D eigenvalue weighted by Gasteiger charge is -2.32. The van der Waals surface area contributed by atoms with E-state index < -0.39 is 24.1 Å². The maximum atomic E-state index is 13.0. The number of rotatable bonds is 4. The van der Waals surface area contributed by atoms with Gasteiger partial charge in [-0.3, -0.25) is 4.90 Å². The van der Waals surface area contributed by atoms with Crippen LogP contribution in [0.25, 0.3) is 0 Å². The van der Waals surface area contributed by atoms with Crippen LogP contribution >= 0.6 is 0 Å². The van der Waals surface area contributed by atoms with Gasteiger partial charge in [-0.1, -0.05) is 29.8 Å². The summed E-state index contributed by atoms with van der Waals surface area (Å²) in [7, 11) is 0. The Kier molecular flexibility index (Phi) is 6.61. The number of morpholine rings is 1. The van der Waals surface area contributed by atoms with E-state index in [1.807, 2.05) is 31.2 Å². The zero-order valence-electron chi connectivity index (χ0n) is 18.3. The average Bonchev–Trinajstić information content (AvgIpc) is 3.25. The fraction of sp³-hybridized carbons (Fsp3) is 0.455. The molecule has 2 aliphatic heterocycles. The molecule has 2 amide bonds. The summed E-state index contributed by atoms with van der Waals surface area (Å²) in [6, 6.07) is 6.87. The maximum Gasteiger partial charge on any atom is 0.451 e. The molecule has 1 aromatic carbocycles. The highest BCUT2D eigenvalue weighted by Crippen LogP contribution is 2.26. The molecule has 0 aliphatic carbocycles. The van der Waals surface area contributed by atoms with Crippen LogP contribution in [0.1, 0.15) is 35.5 Å². The Morgan fingerprint density at radius 1 is 1.15 bits per heavy atom. The van der Waals surface area contributed by atoms with Crippen LogP contribution in [0.5, 0.6) is 0 Å². The zero-order chi connectivity index (χ0) is 23.6. The Hall–Kier alpha value is -3.05. The second kappa shape index (κ2) is 9.44. The van der Waals surface area contributed by atoms with Gasteiger partial charge in [0.1, 0.15) is 0 Å². The summed E-state index contributed by atoms with van der Waals surface area (Å²) >= 11 is 0. The van der Waals surface area contributed by atoms with Gasteiger partial charge in [0.2, 0.25) is 5.82 Å². The molecule has 33 heavy (non-hydrogen) atoms. The molecule has 1 fully saturated rings. The van der Waals surface area contributed by atoms with Crippen LogP contribution in [-0.2, 0) is 10.9 Å². The lowest BCUT2D eigenvalue weighted by atomic mass is 10.0. The zero-order valence-corrected chi connectivity index (χ0v) is 18.3. The molecule has 8 nitrogen and oxygen atoms in total. The van der Waals surface area contributed by atoms with Crippen molar-refractivity contribution < 1.29 is 22.7 Å². The molecule has 176 valence electrons. The lowest BCUT2D eigenvalue weighted by Crippen LogP contribution is -2.49. The van der Waals surface area contributed by atoms with Crippen LogP contribution in [0.3, 0.4) is 0 Å². The van der Waals surface area contributed by atoms with Crippen molar-refractivity contribution in [2.75, 3.05) is 32.8 Å². The predicted molar refractivity (Wildman–Crippen MR) is 115 cm³/mol. The van der Waals surface area contributed by atoms with E-state index in [0.29, 0.717) is 25.3 Å². The third-order valence-corrected chi connectivity index (χ3v) is 5.72. The van der Waals surface area contributed by atoms with Gasteiger partial charge >= 0.3 is 12.2 Å². The molecule has 3 heterocycles. The molecule has 0 spiro atoms. The number of urea groups is 1. The minimum Gasteiger partial charge on any atom is -0.379 e. The normalized spacial score (nSPS) is 20.5. The van der Waals surface area contributed by atoms with Crippen molar-refractivity contribution in [3.8, 4) is 0 Å². The number of aryl methyl sites for hydroxylation is 1. The standard InChI is InChI=1S/C22H25F3N6O2/c1-14-3-5-16(6-4-14)19-18(30-7-9-33-10-8-30)13-31(29-19)21(32)28-15(2)17-11-26-20(27-12-17)22(23,24)25/h3-6,11-12,15,18H,7-10,13H2,1-2H3,(H,28,32)/t15-,18-/m1/s1. The number of carbonyl (C=O) groups is 1. The van der Waals surface area contributed by atoms with E-state index in [1.54, 1.807) is 6.92 Å². The number of halogens is 3. The molecule has 1 saturated heterocycles. The van der Waals surface area contributed by atoms with Crippen LogP contribution in [0.15, 0.2) is 41.8 Å². The largest absolute Gasteiger partial charge is 0.451 e. The first kappa shape index (κ1) is 23.1. The van der Waals surface area contributed by atoms with Gasteiger partial charge in [-0.05, 0) is 19.4 Å². The van der Waals surface area contributed by atoms with Crippen LogP contribution in [0.2, 0.25) is 0 Å². The van der Waals surface area contributed by atoms with Crippen LogP contribution in [-0.4, -0.2) is 70.5 Å². The van der Waals surface area contributed by atoms with Crippen LogP contribution < -0.4 is 5.32 Å². The third-order valence-electron chi connectivity index (χ3n) is 5.72. The van der Waals surface area contributed by atoms with Crippen LogP contribution in [0, 0.1) is 6.92 Å². The van der Waals surface area contributed by atoms with Crippen molar-refractivity contribution in [2.45, 2.75) is 32.1 Å². The molecule has 0 saturated carbocycles. The minimum atomic E-state index is -4.61. The number of nitrogens with one attached hydrogen (secondary N) is 1. The Morgan fingerprint density at radius 2 is 1.79 bits per heavy atom. The monoisotopic (exact) mass is 462 g/mol. The number of nitrogens with zero attached hydrogens (tertiary/aromatic N) is 5. The smallest absolute Gasteiger partial charge is 0.379 e. The Morgan fingerprint density at radius 3 is 2.39 bits per heavy atom. The van der Waals surface area contributed by atoms with Gasteiger partial charge in [-0.15, -0.1) is 0 Å². The number of aromatic nitrogens is 2. The summed E-state index contributed by atoms with van der Waals surface area (Å²) in [6.07, 6.45) is -2.47. The molecular formula is C22H25F3N6O2. The van der Waals surface area contributed by atoms with Gasteiger partial charge in [0.25, 0.3) is 0 Å². The summed E-state index contributed by atoms with van der Waals surface area (Å²) in [5.41, 5.74) is 3.24. The molecule has 0 unspecified atom stereocenters. The average molecular weight is 462 g/mol. The van der Waals surface area contributed by atoms with E-state index in [2.05, 4.69) is 25.3 Å². The SMILES string of the molecule is Cc1ccc(C2=NN(C(=O)N[C@H](C)c3cnc(C(F)(F)F)nc3)C[C@H]2N2CCOCC2)cc1. The molecule has 2 aromatic rings. The highest BCUT2D eigenvalue weighted by molar-refractivity contribution is 6.06. The van der Waals surface area contributed by atoms with Gasteiger partial charge < -0.3 is 10.1 Å². The van der Waals surface area contributed by atoms with Crippen molar-refractivity contribution in [1.82, 2.24) is 25.2 Å². The van der Waals surface area contributed by atoms with E-state index in [4.69, 9.17) is 4.74 Å². The first-order valence-corrected chi connectivity index (χ1v) is 10.7. The number of hydrazone groups is 1. The highest BCUT2D eigenvalue weighted by atomic mass is 19.4. The first-order valence-electron chi connectivity index (χ1n) is 10.7. The number of hydrogen-bond donors (Lipinski definition) is 1. The molecule has 11 heteroatoms. The maximum absolute atomic E-state index is 13.0. The Labute approximate surface area is 189 Å². The molecule has 4 rings (SSSR count). The second-order valence-corrected chi connectivity index (χ2v) is 8.11. The molecule has 2 aliphatic rings. The van der Waals surface area contributed by atoms with Crippen molar-refractivity contribution in [1.29, 1.82) is 0 Å². The molecule has 0 radical (unpaired) electrons. The summed E-state index contributed by atoms with van der Waals surface area (Å²) in [5, 5.41) is 8.76. The first-order chi connectivity index (χ1) is 15.7. The van der Waals surface area contributed by atoms with Gasteiger partial charge in [0.05, 0.1) is 37.6 Å². The van der Waals surface area contributed by atoms with Crippen molar-refractivity contribution in [2.24, 2.45) is 5.10 Å². The molecular weight excluding hydrogens is 437 g/mol. The minimum absolute atomic E-state index is 0.0768. The number of carbonyl (C=O) groups excluding carboxylic acids is 1. The number of ether oxygens (including phenoxy) is 1. The quantitative estimate of drug-likeness (QED) is 0.756. The predicted octanol–water partition coefficient (Wildman–Crippen LogP) is 3.00. The van der Waals surface area contributed by atoms with E-state index in [1.165, 1.54) is 5.01 Å². The van der Waals surface area contributed by atoms with E-state index in [0.717, 1.165) is 42.3 Å². The van der Waals surface area contributed by atoms with Gasteiger partial charge in [0.15, 0.2) is 0 Å². The molecule has 1 N–H and O–H groups in total. The number of hydrogen-bond acceptors (Lipinski definition) is 6. The fourth-order valence-electron chi connectivity index (χ4n) is 3.82. The summed E-state index contributed by atoms with van der Waals surface area (Å²) in [6.45, 7) is 6.75. The molecule has 1 aromatic heterocycles. The fourth-order valence-corrected chi connectivity index (χ4v) is 3.82. The third kappa shape index (κ3) is 5.31. The molecule has 0 bridgehead atoms. The summed E-state index contributed by atoms with van der Waals surface area (Å²) in [5.74, 6) is -1.22. The van der Waals surface area contributed by atoms with E-state index in [9.17, 15) is 18.0 Å². The summed E-state index contributed by atoms with van der Waals surface area (Å²) in [4.78, 5) is 21.9. The topological polar surface area (TPSA) is 83.0 Å². The number of benzene rings is 1. The van der Waals surface area contributed by atoms with E-state index >= 15 is 0 Å². The number of amides is 2. The number of alkyl halides is 3. The second-order valence-electron chi connectivity index (χ2n) is 8.11. The lowest BCUT2D eigenvalue weighted by molar-refractivity contribution is -0.145. The van der Waals surface area contributed by atoms with Gasteiger partial charge in [0, 0.05) is 31.0 Å². The van der Waals surface area contributed by atoms with Gasteiger partial charge in [-0.25, -0.2) is 19.8 Å². The Bertz CT molecular complexity index is 1000. The van der Waals surface area contributed by atoms with Crippen molar-refractivity contribution >= 4 is 11.7 Å². The van der Waals surface area contributed by atoms with E-state index in [-0.39, 0.29) is 6.04 Å².